The summed E-state index contributed by atoms with van der Waals surface area (Å²) in [4.78, 5) is 38.8. The van der Waals surface area contributed by atoms with Crippen LogP contribution in [-0.2, 0) is 16.1 Å². The molecule has 1 N–H and O–H groups in total. The molecule has 1 aromatic carbocycles. The highest BCUT2D eigenvalue weighted by Crippen LogP contribution is 2.31. The lowest BCUT2D eigenvalue weighted by atomic mass is 10.3. The largest absolute Gasteiger partial charge is 0.322 e. The van der Waals surface area contributed by atoms with Gasteiger partial charge in [-0.15, -0.1) is 11.8 Å². The van der Waals surface area contributed by atoms with Gasteiger partial charge in [0.2, 0.25) is 11.8 Å². The maximum atomic E-state index is 13.8. The number of anilines is 2. The molecule has 1 aliphatic heterocycles. The number of benzene rings is 1. The number of carbonyl (C=O) groups excluding carboxylic acids is 2. The fourth-order valence-electron chi connectivity index (χ4n) is 2.52. The van der Waals surface area contributed by atoms with E-state index in [4.69, 9.17) is 11.6 Å². The molecule has 0 bridgehead atoms. The van der Waals surface area contributed by atoms with E-state index in [0.29, 0.717) is 11.4 Å². The molecule has 0 saturated heterocycles. The minimum Gasteiger partial charge on any atom is -0.322 e. The van der Waals surface area contributed by atoms with E-state index in [1.54, 1.807) is 6.92 Å². The second-order valence-electron chi connectivity index (χ2n) is 5.42. The van der Waals surface area contributed by atoms with Crippen molar-refractivity contribution in [1.29, 1.82) is 0 Å². The van der Waals surface area contributed by atoms with E-state index >= 15 is 0 Å². The number of nitrogens with one attached hydrogen (secondary N) is 1. The van der Waals surface area contributed by atoms with Gasteiger partial charge in [-0.3, -0.25) is 14.4 Å². The molecule has 1 aliphatic rings. The lowest BCUT2D eigenvalue weighted by Gasteiger charge is -2.26. The highest BCUT2D eigenvalue weighted by molar-refractivity contribution is 8.00. The molecule has 0 radical (unpaired) electrons. The summed E-state index contributed by atoms with van der Waals surface area (Å²) in [6, 6.07) is 3.83. The summed E-state index contributed by atoms with van der Waals surface area (Å²) in [5.41, 5.74) is -0.378. The van der Waals surface area contributed by atoms with Crippen LogP contribution in [0.2, 0.25) is 5.02 Å². The SMILES string of the molecule is CCN1C(=O)CSc2cnn(CC(=O)Nc3ccc(Cl)cc3F)c(=O)c21. The van der Waals surface area contributed by atoms with Crippen molar-refractivity contribution in [3.8, 4) is 0 Å². The molecule has 10 heteroatoms. The van der Waals surface area contributed by atoms with Crippen molar-refractivity contribution in [2.45, 2.75) is 18.4 Å². The number of thioether (sulfide) groups is 1. The number of halogens is 2. The van der Waals surface area contributed by atoms with Gasteiger partial charge in [-0.05, 0) is 25.1 Å². The molecule has 3 rings (SSSR count). The Balaban J connectivity index is 1.84. The fourth-order valence-corrected chi connectivity index (χ4v) is 3.57. The van der Waals surface area contributed by atoms with Crippen molar-refractivity contribution in [3.05, 3.63) is 45.6 Å². The molecule has 26 heavy (non-hydrogen) atoms. The van der Waals surface area contributed by atoms with Gasteiger partial charge in [0.1, 0.15) is 18.0 Å². The Labute approximate surface area is 157 Å². The van der Waals surface area contributed by atoms with Crippen LogP contribution in [0.25, 0.3) is 0 Å². The second kappa shape index (κ2) is 7.46. The molecule has 0 aliphatic carbocycles. The summed E-state index contributed by atoms with van der Waals surface area (Å²) in [5, 5.41) is 6.55. The molecular formula is C16H14ClFN4O3S. The van der Waals surface area contributed by atoms with E-state index in [-0.39, 0.29) is 28.1 Å². The van der Waals surface area contributed by atoms with E-state index in [1.165, 1.54) is 35.0 Å². The van der Waals surface area contributed by atoms with E-state index in [2.05, 4.69) is 10.4 Å². The molecule has 0 spiro atoms. The van der Waals surface area contributed by atoms with Gasteiger partial charge in [-0.1, -0.05) is 11.6 Å². The predicted octanol–water partition coefficient (Wildman–Crippen LogP) is 2.13. The van der Waals surface area contributed by atoms with E-state index in [0.717, 1.165) is 10.7 Å². The Morgan fingerprint density at radius 1 is 1.42 bits per heavy atom. The van der Waals surface area contributed by atoms with Crippen molar-refractivity contribution >= 4 is 46.6 Å². The summed E-state index contributed by atoms with van der Waals surface area (Å²) in [7, 11) is 0. The molecule has 2 heterocycles. The molecule has 0 fully saturated rings. The Hall–Kier alpha value is -2.39. The number of amides is 2. The second-order valence-corrected chi connectivity index (χ2v) is 6.87. The Kier molecular flexibility index (Phi) is 5.28. The number of aromatic nitrogens is 2. The summed E-state index contributed by atoms with van der Waals surface area (Å²) >= 11 is 6.90. The normalized spacial score (nSPS) is 13.5. The van der Waals surface area contributed by atoms with Crippen LogP contribution >= 0.6 is 23.4 Å². The predicted molar refractivity (Wildman–Crippen MR) is 97.3 cm³/mol. The number of hydrogen-bond acceptors (Lipinski definition) is 5. The van der Waals surface area contributed by atoms with Crippen LogP contribution in [0.5, 0.6) is 0 Å². The standard InChI is InChI=1S/C16H14ClFN4O3S/c1-2-21-14(24)8-26-12-6-19-22(16(25)15(12)21)7-13(23)20-11-4-3-9(17)5-10(11)18/h3-6H,2,7-8H2,1H3,(H,20,23). The molecule has 1 aromatic heterocycles. The van der Waals surface area contributed by atoms with E-state index < -0.39 is 23.8 Å². The summed E-state index contributed by atoms with van der Waals surface area (Å²) in [5.74, 6) is -1.25. The molecule has 0 atom stereocenters. The van der Waals surface area contributed by atoms with Gasteiger partial charge in [-0.25, -0.2) is 9.07 Å². The first-order chi connectivity index (χ1) is 12.4. The molecule has 7 nitrogen and oxygen atoms in total. The third-order valence-electron chi connectivity index (χ3n) is 3.72. The summed E-state index contributed by atoms with van der Waals surface area (Å²) in [6.07, 6.45) is 1.45. The average molecular weight is 397 g/mol. The number of carbonyl (C=O) groups is 2. The zero-order chi connectivity index (χ0) is 18.8. The lowest BCUT2D eigenvalue weighted by Crippen LogP contribution is -2.42. The molecule has 0 saturated carbocycles. The van der Waals surface area contributed by atoms with Gasteiger partial charge in [0, 0.05) is 11.6 Å². The van der Waals surface area contributed by atoms with E-state index in [1.807, 2.05) is 0 Å². The Bertz CT molecular complexity index is 950. The number of fused-ring (bicyclic) bond motifs is 1. The first-order valence-corrected chi connectivity index (χ1v) is 9.05. The third kappa shape index (κ3) is 3.58. The Morgan fingerprint density at radius 2 is 2.19 bits per heavy atom. The van der Waals surface area contributed by atoms with Gasteiger partial charge >= 0.3 is 0 Å². The third-order valence-corrected chi connectivity index (χ3v) is 4.96. The van der Waals surface area contributed by atoms with Gasteiger partial charge in [0.15, 0.2) is 0 Å². The quantitative estimate of drug-likeness (QED) is 0.855. The van der Waals surface area contributed by atoms with Crippen LogP contribution in [-0.4, -0.2) is 33.9 Å². The number of hydrogen-bond donors (Lipinski definition) is 1. The first-order valence-electron chi connectivity index (χ1n) is 7.69. The average Bonchev–Trinajstić information content (AvgIpc) is 2.60. The van der Waals surface area contributed by atoms with Crippen molar-refractivity contribution in [3.63, 3.8) is 0 Å². The van der Waals surface area contributed by atoms with Gasteiger partial charge in [0.25, 0.3) is 5.56 Å². The van der Waals surface area contributed by atoms with Crippen LogP contribution in [0, 0.1) is 5.82 Å². The van der Waals surface area contributed by atoms with Crippen molar-refractivity contribution in [1.82, 2.24) is 9.78 Å². The van der Waals surface area contributed by atoms with Crippen molar-refractivity contribution in [2.75, 3.05) is 22.5 Å². The first kappa shape index (κ1) is 18.4. The number of rotatable bonds is 4. The van der Waals surface area contributed by atoms with Crippen LogP contribution in [0.4, 0.5) is 15.8 Å². The van der Waals surface area contributed by atoms with Crippen LogP contribution in [0.1, 0.15) is 6.92 Å². The van der Waals surface area contributed by atoms with E-state index in [9.17, 15) is 18.8 Å². The molecule has 0 unspecified atom stereocenters. The summed E-state index contributed by atoms with van der Waals surface area (Å²) in [6.45, 7) is 1.69. The van der Waals surface area contributed by atoms with Crippen molar-refractivity contribution < 1.29 is 14.0 Å². The minimum absolute atomic E-state index is 0.0497. The minimum atomic E-state index is -0.684. The maximum absolute atomic E-state index is 13.8. The monoisotopic (exact) mass is 396 g/mol. The molecule has 2 aromatic rings. The lowest BCUT2D eigenvalue weighted by molar-refractivity contribution is -0.117. The zero-order valence-electron chi connectivity index (χ0n) is 13.7. The summed E-state index contributed by atoms with van der Waals surface area (Å²) < 4.78 is 14.7. The molecule has 136 valence electrons. The van der Waals surface area contributed by atoms with Crippen LogP contribution < -0.4 is 15.8 Å². The Morgan fingerprint density at radius 3 is 2.88 bits per heavy atom. The smallest absolute Gasteiger partial charge is 0.292 e. The zero-order valence-corrected chi connectivity index (χ0v) is 15.2. The van der Waals surface area contributed by atoms with Gasteiger partial charge in [0.05, 0.1) is 22.5 Å². The molecular weight excluding hydrogens is 383 g/mol. The topological polar surface area (TPSA) is 84.3 Å². The van der Waals surface area contributed by atoms with Crippen LogP contribution in [0.3, 0.4) is 0 Å². The fraction of sp³-hybridized carbons (Fsp3) is 0.250. The van der Waals surface area contributed by atoms with Crippen molar-refractivity contribution in [2.24, 2.45) is 0 Å². The van der Waals surface area contributed by atoms with Gasteiger partial charge in [-0.2, -0.15) is 5.10 Å². The highest BCUT2D eigenvalue weighted by atomic mass is 35.5. The van der Waals surface area contributed by atoms with Crippen LogP contribution in [0.15, 0.2) is 34.1 Å². The highest BCUT2D eigenvalue weighted by Gasteiger charge is 2.28. The maximum Gasteiger partial charge on any atom is 0.292 e. The van der Waals surface area contributed by atoms with Gasteiger partial charge < -0.3 is 10.2 Å². The number of nitrogens with zero attached hydrogens (tertiary/aromatic N) is 3. The molecule has 2 amide bonds.